The van der Waals surface area contributed by atoms with Gasteiger partial charge >= 0.3 is 0 Å². The number of carbonyl (C=O) groups is 1. The molecule has 0 aromatic carbocycles. The van der Waals surface area contributed by atoms with Gasteiger partial charge in [-0.15, -0.1) is 0 Å². The van der Waals surface area contributed by atoms with Gasteiger partial charge in [0, 0.05) is 11.8 Å². The van der Waals surface area contributed by atoms with Crippen LogP contribution in [-0.2, 0) is 0 Å². The van der Waals surface area contributed by atoms with Gasteiger partial charge in [-0.1, -0.05) is 11.6 Å². The lowest BCUT2D eigenvalue weighted by Crippen LogP contribution is -2.22. The molecule has 0 saturated heterocycles. The second-order valence-electron chi connectivity index (χ2n) is 2.25. The Morgan fingerprint density at radius 3 is 3.21 bits per heavy atom. The summed E-state index contributed by atoms with van der Waals surface area (Å²) in [5.41, 5.74) is 0.434. The maximum Gasteiger partial charge on any atom is 0.252 e. The van der Waals surface area contributed by atoms with Gasteiger partial charge in [0.05, 0.1) is 5.88 Å². The largest absolute Gasteiger partial charge is 0.342 e. The second-order valence-corrected chi connectivity index (χ2v) is 3.40. The number of halogens is 1. The number of amides is 1. The summed E-state index contributed by atoms with van der Waals surface area (Å²) in [6.45, 7) is 0. The molecule has 4 nitrogen and oxygen atoms in total. The molecule has 1 rings (SSSR count). The summed E-state index contributed by atoms with van der Waals surface area (Å²) in [6.07, 6.45) is 1.45. The molecule has 0 radical (unpaired) electrons. The summed E-state index contributed by atoms with van der Waals surface area (Å²) in [6, 6.07) is 3.02. The van der Waals surface area contributed by atoms with Crippen molar-refractivity contribution in [1.29, 1.82) is 5.26 Å². The van der Waals surface area contributed by atoms with E-state index in [-0.39, 0.29) is 16.9 Å². The highest BCUT2D eigenvalue weighted by Gasteiger charge is 2.04. The normalized spacial score (nSPS) is 9.14. The highest BCUT2D eigenvalue weighted by Crippen LogP contribution is 2.06. The van der Waals surface area contributed by atoms with Crippen LogP contribution in [0.1, 0.15) is 10.4 Å². The van der Waals surface area contributed by atoms with E-state index in [4.69, 9.17) is 16.9 Å². The molecule has 1 N–H and O–H groups in total. The zero-order valence-corrected chi connectivity index (χ0v) is 8.60. The number of hydrogen-bond acceptors (Lipinski definition) is 4. The molecule has 6 heteroatoms. The van der Waals surface area contributed by atoms with Gasteiger partial charge in [0.2, 0.25) is 0 Å². The van der Waals surface area contributed by atoms with Crippen LogP contribution < -0.4 is 5.32 Å². The summed E-state index contributed by atoms with van der Waals surface area (Å²) >= 11 is 6.56. The van der Waals surface area contributed by atoms with Gasteiger partial charge in [0.15, 0.2) is 0 Å². The molecule has 1 aromatic rings. The van der Waals surface area contributed by atoms with E-state index < -0.39 is 0 Å². The Balaban J connectivity index is 2.57. The van der Waals surface area contributed by atoms with Crippen LogP contribution in [0, 0.1) is 10.7 Å². The topological polar surface area (TPSA) is 65.8 Å². The van der Waals surface area contributed by atoms with Crippen molar-refractivity contribution >= 4 is 29.3 Å². The number of nitrogens with zero attached hydrogens (tertiary/aromatic N) is 2. The first-order chi connectivity index (χ1) is 6.74. The van der Waals surface area contributed by atoms with Gasteiger partial charge in [-0.2, -0.15) is 5.26 Å². The Morgan fingerprint density at radius 1 is 1.79 bits per heavy atom. The van der Waals surface area contributed by atoms with E-state index >= 15 is 0 Å². The van der Waals surface area contributed by atoms with Crippen LogP contribution in [0.4, 0.5) is 0 Å². The Morgan fingerprint density at radius 2 is 2.57 bits per heavy atom. The minimum absolute atomic E-state index is 0.259. The van der Waals surface area contributed by atoms with Gasteiger partial charge < -0.3 is 5.32 Å². The zero-order valence-electron chi connectivity index (χ0n) is 7.03. The van der Waals surface area contributed by atoms with Crippen molar-refractivity contribution in [2.45, 2.75) is 0 Å². The van der Waals surface area contributed by atoms with E-state index in [1.54, 1.807) is 6.07 Å². The summed E-state index contributed by atoms with van der Waals surface area (Å²) in [5, 5.41) is 12.9. The maximum absolute atomic E-state index is 11.4. The molecule has 0 atom stereocenters. The van der Waals surface area contributed by atoms with Crippen molar-refractivity contribution in [3.05, 3.63) is 29.0 Å². The summed E-state index contributed by atoms with van der Waals surface area (Å²) < 4.78 is 0. The van der Waals surface area contributed by atoms with Crippen LogP contribution in [0.25, 0.3) is 0 Å². The third kappa shape index (κ3) is 3.24. The van der Waals surface area contributed by atoms with Crippen molar-refractivity contribution in [1.82, 2.24) is 10.3 Å². The number of rotatable bonds is 3. The maximum atomic E-state index is 11.4. The Kier molecular flexibility index (Phi) is 4.23. The first-order valence-corrected chi connectivity index (χ1v) is 5.01. The molecule has 14 heavy (non-hydrogen) atoms. The lowest BCUT2D eigenvalue weighted by atomic mass is 10.2. The summed E-state index contributed by atoms with van der Waals surface area (Å²) in [5.74, 6) is -0.00742. The fraction of sp³-hybridized carbons (Fsp3) is 0.125. The zero-order chi connectivity index (χ0) is 10.4. The molecule has 0 saturated carbocycles. The molecular formula is C8H6ClN3OS. The molecule has 0 bridgehead atoms. The Bertz CT molecular complexity index is 377. The van der Waals surface area contributed by atoms with E-state index in [0.717, 1.165) is 11.8 Å². The molecule has 0 aliphatic heterocycles. The predicted molar refractivity (Wildman–Crippen MR) is 54.8 cm³/mol. The van der Waals surface area contributed by atoms with Crippen molar-refractivity contribution in [2.75, 3.05) is 5.88 Å². The number of aromatic nitrogens is 1. The molecular weight excluding hydrogens is 222 g/mol. The van der Waals surface area contributed by atoms with E-state index in [0.29, 0.717) is 5.56 Å². The quantitative estimate of drug-likeness (QED) is 0.369. The number of carbonyl (C=O) groups excluding carboxylic acids is 1. The van der Waals surface area contributed by atoms with Crippen molar-refractivity contribution < 1.29 is 4.79 Å². The third-order valence-electron chi connectivity index (χ3n) is 1.36. The average Bonchev–Trinajstić information content (AvgIpc) is 2.18. The van der Waals surface area contributed by atoms with Gasteiger partial charge in [-0.25, -0.2) is 4.98 Å². The fourth-order valence-corrected chi connectivity index (χ4v) is 1.22. The smallest absolute Gasteiger partial charge is 0.252 e. The third-order valence-corrected chi connectivity index (χ3v) is 1.98. The fourth-order valence-electron chi connectivity index (χ4n) is 0.780. The second kappa shape index (κ2) is 5.47. The Labute approximate surface area is 90.3 Å². The summed E-state index contributed by atoms with van der Waals surface area (Å²) in [4.78, 5) is 15.1. The average molecular weight is 228 g/mol. The van der Waals surface area contributed by atoms with Crippen molar-refractivity contribution in [3.8, 4) is 5.40 Å². The van der Waals surface area contributed by atoms with E-state index in [9.17, 15) is 4.79 Å². The van der Waals surface area contributed by atoms with Crippen LogP contribution in [-0.4, -0.2) is 16.8 Å². The SMILES string of the molecule is N#CSCNC(=O)c1ccnc(Cl)c1. The summed E-state index contributed by atoms with van der Waals surface area (Å²) in [7, 11) is 0. The van der Waals surface area contributed by atoms with Crippen LogP contribution in [0.15, 0.2) is 18.3 Å². The number of hydrogen-bond donors (Lipinski definition) is 1. The van der Waals surface area contributed by atoms with Gasteiger partial charge in [-0.05, 0) is 23.9 Å². The van der Waals surface area contributed by atoms with Gasteiger partial charge in [0.1, 0.15) is 10.6 Å². The molecule has 0 fully saturated rings. The molecule has 0 spiro atoms. The van der Waals surface area contributed by atoms with Crippen LogP contribution in [0.2, 0.25) is 5.15 Å². The first kappa shape index (κ1) is 10.8. The molecule has 0 unspecified atom stereocenters. The van der Waals surface area contributed by atoms with E-state index in [1.807, 2.05) is 5.40 Å². The minimum Gasteiger partial charge on any atom is -0.342 e. The van der Waals surface area contributed by atoms with Crippen molar-refractivity contribution in [2.24, 2.45) is 0 Å². The molecule has 1 heterocycles. The lowest BCUT2D eigenvalue weighted by Gasteiger charge is -2.01. The van der Waals surface area contributed by atoms with Crippen LogP contribution >= 0.6 is 23.4 Å². The minimum atomic E-state index is -0.267. The molecule has 0 aliphatic carbocycles. The predicted octanol–water partition coefficient (Wildman–Crippen LogP) is 1.64. The van der Waals surface area contributed by atoms with Crippen LogP contribution in [0.3, 0.4) is 0 Å². The van der Waals surface area contributed by atoms with E-state index in [2.05, 4.69) is 10.3 Å². The lowest BCUT2D eigenvalue weighted by molar-refractivity contribution is 0.0961. The highest BCUT2D eigenvalue weighted by atomic mass is 35.5. The first-order valence-electron chi connectivity index (χ1n) is 3.64. The number of pyridine rings is 1. The Hall–Kier alpha value is -1.25. The monoisotopic (exact) mass is 227 g/mol. The van der Waals surface area contributed by atoms with Gasteiger partial charge in [-0.3, -0.25) is 4.79 Å². The molecule has 1 amide bonds. The number of thiocyanates is 1. The highest BCUT2D eigenvalue weighted by molar-refractivity contribution is 8.03. The number of nitrogens with one attached hydrogen (secondary N) is 1. The molecule has 72 valence electrons. The standard InChI is InChI=1S/C8H6ClN3OS/c9-7-3-6(1-2-11-7)8(13)12-5-14-4-10/h1-3H,5H2,(H,12,13). The number of thioether (sulfide) groups is 1. The van der Waals surface area contributed by atoms with Crippen LogP contribution in [0.5, 0.6) is 0 Å². The van der Waals surface area contributed by atoms with Gasteiger partial charge in [0.25, 0.3) is 5.91 Å². The molecule has 0 aliphatic rings. The van der Waals surface area contributed by atoms with Crippen molar-refractivity contribution in [3.63, 3.8) is 0 Å². The number of nitriles is 1. The van der Waals surface area contributed by atoms with E-state index in [1.165, 1.54) is 12.3 Å². The molecule has 1 aromatic heterocycles.